The molecule has 1 aliphatic rings. The molecule has 0 aromatic carbocycles. The number of rotatable bonds is 11. The molecule has 0 aromatic heterocycles. The van der Waals surface area contributed by atoms with Gasteiger partial charge in [-0.15, -0.1) is 0 Å². The molecule has 0 aromatic rings. The summed E-state index contributed by atoms with van der Waals surface area (Å²) in [6.07, 6.45) is 9.81. The molecular formula is C15H30N2O3. The summed E-state index contributed by atoms with van der Waals surface area (Å²) in [6.45, 7) is 1.94. The fourth-order valence-corrected chi connectivity index (χ4v) is 2.62. The number of aliphatic hydroxyl groups excluding tert-OH is 1. The van der Waals surface area contributed by atoms with Crippen LogP contribution in [0.25, 0.3) is 0 Å². The third-order valence-corrected chi connectivity index (χ3v) is 3.86. The van der Waals surface area contributed by atoms with Crippen LogP contribution in [0, 0.1) is 0 Å². The lowest BCUT2D eigenvalue weighted by Crippen LogP contribution is -2.54. The van der Waals surface area contributed by atoms with Gasteiger partial charge in [-0.2, -0.15) is 0 Å². The second kappa shape index (κ2) is 11.1. The smallest absolute Gasteiger partial charge is 0.303 e. The van der Waals surface area contributed by atoms with Crippen molar-refractivity contribution >= 4 is 5.97 Å². The van der Waals surface area contributed by atoms with E-state index in [9.17, 15) is 9.90 Å². The Morgan fingerprint density at radius 1 is 1.10 bits per heavy atom. The number of hydrogen-bond donors (Lipinski definition) is 4. The summed E-state index contributed by atoms with van der Waals surface area (Å²) in [5, 5.41) is 24.9. The van der Waals surface area contributed by atoms with Gasteiger partial charge in [-0.3, -0.25) is 15.4 Å². The maximum Gasteiger partial charge on any atom is 0.303 e. The molecule has 0 saturated carbocycles. The predicted molar refractivity (Wildman–Crippen MR) is 79.6 cm³/mol. The molecule has 2 unspecified atom stereocenters. The van der Waals surface area contributed by atoms with Crippen molar-refractivity contribution in [3.63, 3.8) is 0 Å². The number of carboxylic acid groups (broad SMARTS) is 1. The van der Waals surface area contributed by atoms with Gasteiger partial charge in [0.25, 0.3) is 0 Å². The van der Waals surface area contributed by atoms with E-state index in [0.717, 1.165) is 51.6 Å². The zero-order chi connectivity index (χ0) is 14.6. The summed E-state index contributed by atoms with van der Waals surface area (Å²) in [7, 11) is 0. The second-order valence-corrected chi connectivity index (χ2v) is 5.71. The summed E-state index contributed by atoms with van der Waals surface area (Å²) in [6, 6.07) is 0. The molecule has 1 fully saturated rings. The highest BCUT2D eigenvalue weighted by Crippen LogP contribution is 2.09. The first kappa shape index (κ1) is 17.4. The quantitative estimate of drug-likeness (QED) is 0.436. The van der Waals surface area contributed by atoms with Crippen LogP contribution < -0.4 is 10.6 Å². The van der Waals surface area contributed by atoms with E-state index in [-0.39, 0.29) is 12.3 Å². The predicted octanol–water partition coefficient (Wildman–Crippen LogP) is 1.85. The number of carbonyl (C=O) groups is 1. The molecule has 1 aliphatic heterocycles. The van der Waals surface area contributed by atoms with Gasteiger partial charge in [-0.25, -0.2) is 0 Å². The number of hydrogen-bond acceptors (Lipinski definition) is 4. The minimum atomic E-state index is -0.686. The van der Waals surface area contributed by atoms with Crippen molar-refractivity contribution in [3.8, 4) is 0 Å². The van der Waals surface area contributed by atoms with Crippen LogP contribution in [0.4, 0.5) is 0 Å². The number of unbranched alkanes of at least 4 members (excludes halogenated alkanes) is 6. The molecule has 0 radical (unpaired) electrons. The topological polar surface area (TPSA) is 81.6 Å². The Morgan fingerprint density at radius 2 is 1.75 bits per heavy atom. The molecule has 0 bridgehead atoms. The van der Waals surface area contributed by atoms with E-state index in [0.29, 0.717) is 6.42 Å². The Morgan fingerprint density at radius 3 is 2.40 bits per heavy atom. The van der Waals surface area contributed by atoms with E-state index >= 15 is 0 Å². The molecule has 0 aliphatic carbocycles. The molecule has 5 heteroatoms. The lowest BCUT2D eigenvalue weighted by molar-refractivity contribution is -0.137. The van der Waals surface area contributed by atoms with E-state index in [2.05, 4.69) is 10.6 Å². The molecule has 0 spiro atoms. The van der Waals surface area contributed by atoms with Gasteiger partial charge in [-0.1, -0.05) is 32.1 Å². The zero-order valence-electron chi connectivity index (χ0n) is 12.4. The maximum atomic E-state index is 10.3. The number of aliphatic hydroxyl groups is 1. The molecule has 2 atom stereocenters. The molecule has 118 valence electrons. The standard InChI is InChI=1S/C15H30N2O3/c18-13-9-8-12-17-15(13)16-11-7-5-3-1-2-4-6-10-14(19)20/h13,15-18H,1-12H2,(H,19,20). The van der Waals surface area contributed by atoms with Gasteiger partial charge < -0.3 is 10.2 Å². The van der Waals surface area contributed by atoms with Crippen LogP contribution in [0.15, 0.2) is 0 Å². The van der Waals surface area contributed by atoms with Crippen LogP contribution in [0.1, 0.15) is 64.2 Å². The second-order valence-electron chi connectivity index (χ2n) is 5.71. The van der Waals surface area contributed by atoms with E-state index in [4.69, 9.17) is 5.11 Å². The molecule has 5 nitrogen and oxygen atoms in total. The summed E-state index contributed by atoms with van der Waals surface area (Å²) >= 11 is 0. The molecule has 1 rings (SSSR count). The lowest BCUT2D eigenvalue weighted by atomic mass is 10.1. The van der Waals surface area contributed by atoms with Crippen molar-refractivity contribution in [1.82, 2.24) is 10.6 Å². The Balaban J connectivity index is 1.81. The summed E-state index contributed by atoms with van der Waals surface area (Å²) in [4.78, 5) is 10.3. The van der Waals surface area contributed by atoms with Crippen molar-refractivity contribution < 1.29 is 15.0 Å². The van der Waals surface area contributed by atoms with E-state index in [1.54, 1.807) is 0 Å². The Labute approximate surface area is 122 Å². The molecule has 1 heterocycles. The Hall–Kier alpha value is -0.650. The van der Waals surface area contributed by atoms with E-state index < -0.39 is 5.97 Å². The highest BCUT2D eigenvalue weighted by Gasteiger charge is 2.20. The van der Waals surface area contributed by atoms with Crippen LogP contribution in [0.5, 0.6) is 0 Å². The summed E-state index contributed by atoms with van der Waals surface area (Å²) in [5.41, 5.74) is 0. The van der Waals surface area contributed by atoms with Gasteiger partial charge in [0.05, 0.1) is 12.3 Å². The average molecular weight is 286 g/mol. The summed E-state index contributed by atoms with van der Waals surface area (Å²) in [5.74, 6) is -0.686. The average Bonchev–Trinajstić information content (AvgIpc) is 2.42. The lowest BCUT2D eigenvalue weighted by Gasteiger charge is -2.29. The van der Waals surface area contributed by atoms with Crippen molar-refractivity contribution in [2.45, 2.75) is 76.5 Å². The monoisotopic (exact) mass is 286 g/mol. The molecular weight excluding hydrogens is 256 g/mol. The van der Waals surface area contributed by atoms with Gasteiger partial charge >= 0.3 is 5.97 Å². The van der Waals surface area contributed by atoms with Crippen molar-refractivity contribution in [2.75, 3.05) is 13.1 Å². The fourth-order valence-electron chi connectivity index (χ4n) is 2.62. The third kappa shape index (κ3) is 8.51. The SMILES string of the molecule is O=C(O)CCCCCCCCCNC1NCCCC1O. The number of aliphatic carboxylic acids is 1. The number of carboxylic acids is 1. The highest BCUT2D eigenvalue weighted by atomic mass is 16.4. The molecule has 0 amide bonds. The first-order chi connectivity index (χ1) is 9.70. The largest absolute Gasteiger partial charge is 0.481 e. The first-order valence-electron chi connectivity index (χ1n) is 8.07. The normalized spacial score (nSPS) is 22.9. The van der Waals surface area contributed by atoms with Crippen LogP contribution in [0.2, 0.25) is 0 Å². The highest BCUT2D eigenvalue weighted by molar-refractivity contribution is 5.66. The van der Waals surface area contributed by atoms with Crippen LogP contribution in [0.3, 0.4) is 0 Å². The number of piperidine rings is 1. The molecule has 4 N–H and O–H groups in total. The number of nitrogens with one attached hydrogen (secondary N) is 2. The Kier molecular flexibility index (Phi) is 9.62. The minimum absolute atomic E-state index is 0.0692. The van der Waals surface area contributed by atoms with E-state index in [1.165, 1.54) is 19.3 Å². The van der Waals surface area contributed by atoms with Crippen molar-refractivity contribution in [1.29, 1.82) is 0 Å². The van der Waals surface area contributed by atoms with Gasteiger partial charge in [0, 0.05) is 6.42 Å². The zero-order valence-corrected chi connectivity index (χ0v) is 12.4. The Bertz CT molecular complexity index is 262. The van der Waals surface area contributed by atoms with Crippen LogP contribution >= 0.6 is 0 Å². The molecule has 1 saturated heterocycles. The van der Waals surface area contributed by atoms with E-state index in [1.807, 2.05) is 0 Å². The first-order valence-corrected chi connectivity index (χ1v) is 8.07. The van der Waals surface area contributed by atoms with Crippen LogP contribution in [-0.4, -0.2) is 41.5 Å². The van der Waals surface area contributed by atoms with Crippen LogP contribution in [-0.2, 0) is 4.79 Å². The summed E-state index contributed by atoms with van der Waals surface area (Å²) < 4.78 is 0. The van der Waals surface area contributed by atoms with Gasteiger partial charge in [0.1, 0.15) is 0 Å². The molecule has 20 heavy (non-hydrogen) atoms. The fraction of sp³-hybridized carbons (Fsp3) is 0.933. The maximum absolute atomic E-state index is 10.3. The van der Waals surface area contributed by atoms with Crippen molar-refractivity contribution in [2.24, 2.45) is 0 Å². The van der Waals surface area contributed by atoms with Gasteiger partial charge in [0.15, 0.2) is 0 Å². The van der Waals surface area contributed by atoms with Gasteiger partial charge in [-0.05, 0) is 38.8 Å². The minimum Gasteiger partial charge on any atom is -0.481 e. The van der Waals surface area contributed by atoms with Crippen molar-refractivity contribution in [3.05, 3.63) is 0 Å². The third-order valence-electron chi connectivity index (χ3n) is 3.86. The van der Waals surface area contributed by atoms with Gasteiger partial charge in [0.2, 0.25) is 0 Å².